The molecule has 4 rings (SSSR count). The molecular formula is C23H23F3N2O3. The lowest BCUT2D eigenvalue weighted by Gasteiger charge is -2.42. The minimum atomic E-state index is -4.37. The first kappa shape index (κ1) is 21.2. The number of anilines is 1. The van der Waals surface area contributed by atoms with Crippen molar-refractivity contribution in [1.82, 2.24) is 4.98 Å². The van der Waals surface area contributed by atoms with Crippen LogP contribution in [0.2, 0.25) is 0 Å². The van der Waals surface area contributed by atoms with Crippen molar-refractivity contribution in [2.75, 3.05) is 11.9 Å². The molecule has 0 atom stereocenters. The maximum atomic E-state index is 12.7. The number of amides is 1. The van der Waals surface area contributed by atoms with Gasteiger partial charge in [-0.2, -0.15) is 13.2 Å². The zero-order valence-electron chi connectivity index (χ0n) is 16.9. The number of hydrogen-bond donors (Lipinski definition) is 3. The molecule has 0 bridgehead atoms. The van der Waals surface area contributed by atoms with E-state index in [1.807, 2.05) is 13.0 Å². The van der Waals surface area contributed by atoms with Gasteiger partial charge in [0.25, 0.3) is 0 Å². The predicted octanol–water partition coefficient (Wildman–Crippen LogP) is 5.11. The van der Waals surface area contributed by atoms with Gasteiger partial charge in [-0.15, -0.1) is 0 Å². The van der Waals surface area contributed by atoms with Crippen molar-refractivity contribution in [2.24, 2.45) is 11.3 Å². The zero-order valence-corrected chi connectivity index (χ0v) is 16.9. The Bertz CT molecular complexity index is 1080. The van der Waals surface area contributed by atoms with E-state index in [0.717, 1.165) is 23.0 Å². The van der Waals surface area contributed by atoms with E-state index < -0.39 is 17.2 Å². The fraction of sp³-hybridized carbons (Fsp3) is 0.348. The molecule has 1 saturated carbocycles. The molecule has 1 heterocycles. The Morgan fingerprint density at radius 1 is 1.23 bits per heavy atom. The number of H-pyrrole nitrogens is 1. The van der Waals surface area contributed by atoms with Crippen LogP contribution in [0.1, 0.15) is 30.9 Å². The second-order valence-electron chi connectivity index (χ2n) is 8.36. The second-order valence-corrected chi connectivity index (χ2v) is 8.36. The number of carbonyl (C=O) groups excluding carboxylic acids is 1. The maximum Gasteiger partial charge on any atom is 0.416 e. The third kappa shape index (κ3) is 4.39. The molecule has 1 aliphatic carbocycles. The molecular weight excluding hydrogens is 409 g/mol. The summed E-state index contributed by atoms with van der Waals surface area (Å²) in [6.07, 6.45) is -1.35. The fourth-order valence-corrected chi connectivity index (χ4v) is 4.05. The SMILES string of the molecule is C[C@]1(C(=O)Nc2c[nH]c3ccc(OCc4ccc(C(F)(F)F)cc4)cc23)C[C@@H](CO)C1. The summed E-state index contributed by atoms with van der Waals surface area (Å²) < 4.78 is 43.8. The summed E-state index contributed by atoms with van der Waals surface area (Å²) in [5, 5.41) is 12.9. The van der Waals surface area contributed by atoms with E-state index in [0.29, 0.717) is 29.8 Å². The van der Waals surface area contributed by atoms with Crippen molar-refractivity contribution >= 4 is 22.5 Å². The monoisotopic (exact) mass is 432 g/mol. The van der Waals surface area contributed by atoms with E-state index in [-0.39, 0.29) is 25.0 Å². The Morgan fingerprint density at radius 2 is 1.94 bits per heavy atom. The van der Waals surface area contributed by atoms with Gasteiger partial charge in [-0.1, -0.05) is 19.1 Å². The van der Waals surface area contributed by atoms with Crippen LogP contribution >= 0.6 is 0 Å². The first-order chi connectivity index (χ1) is 14.7. The molecule has 0 radical (unpaired) electrons. The average molecular weight is 432 g/mol. The van der Waals surface area contributed by atoms with Gasteiger partial charge in [-0.25, -0.2) is 0 Å². The van der Waals surface area contributed by atoms with Gasteiger partial charge < -0.3 is 20.1 Å². The number of aromatic amines is 1. The van der Waals surface area contributed by atoms with E-state index in [4.69, 9.17) is 4.74 Å². The molecule has 1 aromatic heterocycles. The van der Waals surface area contributed by atoms with Crippen LogP contribution < -0.4 is 10.1 Å². The Balaban J connectivity index is 1.44. The van der Waals surface area contributed by atoms with Crippen molar-refractivity contribution in [2.45, 2.75) is 32.5 Å². The highest BCUT2D eigenvalue weighted by atomic mass is 19.4. The summed E-state index contributed by atoms with van der Waals surface area (Å²) in [5.41, 5.74) is 0.883. The lowest BCUT2D eigenvalue weighted by Crippen LogP contribution is -2.45. The number of benzene rings is 2. The van der Waals surface area contributed by atoms with Gasteiger partial charge in [0.1, 0.15) is 12.4 Å². The van der Waals surface area contributed by atoms with E-state index >= 15 is 0 Å². The van der Waals surface area contributed by atoms with Crippen LogP contribution in [-0.2, 0) is 17.6 Å². The topological polar surface area (TPSA) is 74.4 Å². The molecule has 5 nitrogen and oxygen atoms in total. The van der Waals surface area contributed by atoms with Crippen molar-refractivity contribution in [3.8, 4) is 5.75 Å². The largest absolute Gasteiger partial charge is 0.489 e. The van der Waals surface area contributed by atoms with Crippen LogP contribution in [0.3, 0.4) is 0 Å². The van der Waals surface area contributed by atoms with Gasteiger partial charge in [0.15, 0.2) is 0 Å². The van der Waals surface area contributed by atoms with Crippen molar-refractivity contribution in [3.63, 3.8) is 0 Å². The number of hydrogen-bond acceptors (Lipinski definition) is 3. The minimum absolute atomic E-state index is 0.0887. The molecule has 3 aromatic rings. The maximum absolute atomic E-state index is 12.7. The van der Waals surface area contributed by atoms with E-state index in [2.05, 4.69) is 10.3 Å². The van der Waals surface area contributed by atoms with E-state index in [9.17, 15) is 23.1 Å². The number of rotatable bonds is 6. The standard InChI is InChI=1S/C23H23F3N2O3/c1-22(9-15(10-22)12-29)21(30)28-20-11-27-19-7-6-17(8-18(19)20)31-13-14-2-4-16(5-3-14)23(24,25)26/h2-8,11,15,27,29H,9-10,12-13H2,1H3,(H,28,30)/t15-,22+. The Hall–Kier alpha value is -3.00. The number of carbonyl (C=O) groups is 1. The number of halogens is 3. The number of fused-ring (bicyclic) bond motifs is 1. The highest BCUT2D eigenvalue weighted by Gasteiger charge is 2.45. The highest BCUT2D eigenvalue weighted by molar-refractivity contribution is 6.04. The van der Waals surface area contributed by atoms with Crippen molar-refractivity contribution in [1.29, 1.82) is 0 Å². The molecule has 164 valence electrons. The second kappa shape index (κ2) is 7.92. The third-order valence-corrected chi connectivity index (χ3v) is 5.87. The summed E-state index contributed by atoms with van der Waals surface area (Å²) in [6, 6.07) is 10.2. The zero-order chi connectivity index (χ0) is 22.2. The van der Waals surface area contributed by atoms with Gasteiger partial charge in [-0.3, -0.25) is 4.79 Å². The molecule has 0 spiro atoms. The number of aliphatic hydroxyl groups is 1. The van der Waals surface area contributed by atoms with E-state index in [1.54, 1.807) is 18.3 Å². The normalized spacial score (nSPS) is 21.0. The highest BCUT2D eigenvalue weighted by Crippen LogP contribution is 2.46. The summed E-state index contributed by atoms with van der Waals surface area (Å²) in [7, 11) is 0. The molecule has 0 unspecified atom stereocenters. The lowest BCUT2D eigenvalue weighted by atomic mass is 9.63. The van der Waals surface area contributed by atoms with Gasteiger partial charge in [0.05, 0.1) is 11.3 Å². The van der Waals surface area contributed by atoms with Crippen LogP contribution in [0.15, 0.2) is 48.7 Å². The molecule has 8 heteroatoms. The lowest BCUT2D eigenvalue weighted by molar-refractivity contribution is -0.137. The van der Waals surface area contributed by atoms with Crippen LogP contribution in [0.4, 0.5) is 18.9 Å². The Kier molecular flexibility index (Phi) is 5.43. The van der Waals surface area contributed by atoms with Crippen LogP contribution in [0.5, 0.6) is 5.75 Å². The molecule has 1 amide bonds. The first-order valence-corrected chi connectivity index (χ1v) is 10.0. The number of aliphatic hydroxyl groups excluding tert-OH is 1. The summed E-state index contributed by atoms with van der Waals surface area (Å²) >= 11 is 0. The molecule has 31 heavy (non-hydrogen) atoms. The molecule has 3 N–H and O–H groups in total. The number of alkyl halides is 3. The smallest absolute Gasteiger partial charge is 0.416 e. The Labute approximate surface area is 177 Å². The number of ether oxygens (including phenoxy) is 1. The minimum Gasteiger partial charge on any atom is -0.489 e. The summed E-state index contributed by atoms with van der Waals surface area (Å²) in [4.78, 5) is 15.8. The first-order valence-electron chi connectivity index (χ1n) is 10.0. The van der Waals surface area contributed by atoms with Crippen LogP contribution in [-0.4, -0.2) is 22.6 Å². The van der Waals surface area contributed by atoms with Gasteiger partial charge in [0, 0.05) is 29.1 Å². The fourth-order valence-electron chi connectivity index (χ4n) is 4.05. The van der Waals surface area contributed by atoms with Gasteiger partial charge in [-0.05, 0) is 54.7 Å². The van der Waals surface area contributed by atoms with Crippen LogP contribution in [0.25, 0.3) is 10.9 Å². The quantitative estimate of drug-likeness (QED) is 0.507. The number of nitrogens with one attached hydrogen (secondary N) is 2. The van der Waals surface area contributed by atoms with E-state index in [1.165, 1.54) is 12.1 Å². The number of aromatic nitrogens is 1. The van der Waals surface area contributed by atoms with Crippen molar-refractivity contribution in [3.05, 3.63) is 59.8 Å². The average Bonchev–Trinajstić information content (AvgIpc) is 3.11. The molecule has 1 aliphatic rings. The molecule has 1 fully saturated rings. The molecule has 0 aliphatic heterocycles. The predicted molar refractivity (Wildman–Crippen MR) is 111 cm³/mol. The third-order valence-electron chi connectivity index (χ3n) is 5.87. The van der Waals surface area contributed by atoms with Gasteiger partial charge in [0.2, 0.25) is 5.91 Å². The van der Waals surface area contributed by atoms with Gasteiger partial charge >= 0.3 is 6.18 Å². The summed E-state index contributed by atoms with van der Waals surface area (Å²) in [5.74, 6) is 0.621. The molecule has 2 aromatic carbocycles. The van der Waals surface area contributed by atoms with Crippen LogP contribution in [0, 0.1) is 11.3 Å². The Morgan fingerprint density at radius 3 is 2.58 bits per heavy atom. The molecule has 0 saturated heterocycles. The summed E-state index contributed by atoms with van der Waals surface area (Å²) in [6.45, 7) is 2.11. The van der Waals surface area contributed by atoms with Crippen molar-refractivity contribution < 1.29 is 27.8 Å².